The van der Waals surface area contributed by atoms with Crippen molar-refractivity contribution in [1.29, 1.82) is 5.26 Å². The van der Waals surface area contributed by atoms with Gasteiger partial charge in [0.2, 0.25) is 0 Å². The van der Waals surface area contributed by atoms with Crippen LogP contribution in [0.1, 0.15) is 24.1 Å². The van der Waals surface area contributed by atoms with Gasteiger partial charge in [-0.05, 0) is 19.8 Å². The van der Waals surface area contributed by atoms with Crippen LogP contribution in [-0.2, 0) is 7.05 Å². The maximum Gasteiger partial charge on any atom is 0.145 e. The summed E-state index contributed by atoms with van der Waals surface area (Å²) in [4.78, 5) is 2.22. The third-order valence-corrected chi connectivity index (χ3v) is 3.23. The molecule has 0 spiro atoms. The molecule has 86 valence electrons. The Morgan fingerprint density at radius 3 is 3.00 bits per heavy atom. The third-order valence-electron chi connectivity index (χ3n) is 3.23. The van der Waals surface area contributed by atoms with Crippen molar-refractivity contribution in [2.75, 3.05) is 18.0 Å². The summed E-state index contributed by atoms with van der Waals surface area (Å²) in [5.74, 6) is 0.924. The molecule has 1 aromatic rings. The van der Waals surface area contributed by atoms with Crippen LogP contribution < -0.4 is 10.6 Å². The highest BCUT2D eigenvalue weighted by Crippen LogP contribution is 2.29. The molecule has 0 bridgehead atoms. The summed E-state index contributed by atoms with van der Waals surface area (Å²) < 4.78 is 1.79. The lowest BCUT2D eigenvalue weighted by Gasteiger charge is -2.25. The van der Waals surface area contributed by atoms with Crippen molar-refractivity contribution in [1.82, 2.24) is 9.78 Å². The molecule has 1 unspecified atom stereocenters. The summed E-state index contributed by atoms with van der Waals surface area (Å²) in [6.45, 7) is 3.47. The van der Waals surface area contributed by atoms with Gasteiger partial charge in [0.05, 0.1) is 5.69 Å². The molecule has 16 heavy (non-hydrogen) atoms. The molecule has 1 saturated heterocycles. The van der Waals surface area contributed by atoms with Crippen molar-refractivity contribution in [3.63, 3.8) is 0 Å². The topological polar surface area (TPSA) is 70.9 Å². The van der Waals surface area contributed by atoms with E-state index in [1.165, 1.54) is 0 Å². The van der Waals surface area contributed by atoms with Gasteiger partial charge in [0, 0.05) is 26.2 Å². The molecule has 1 aromatic heterocycles. The van der Waals surface area contributed by atoms with Crippen molar-refractivity contribution in [2.24, 2.45) is 12.8 Å². The van der Waals surface area contributed by atoms with Crippen LogP contribution in [0.5, 0.6) is 0 Å². The van der Waals surface area contributed by atoms with E-state index in [4.69, 9.17) is 5.73 Å². The van der Waals surface area contributed by atoms with Crippen molar-refractivity contribution in [3.8, 4) is 6.07 Å². The Bertz CT molecular complexity index is 428. The molecule has 1 atom stereocenters. The van der Waals surface area contributed by atoms with Crippen molar-refractivity contribution < 1.29 is 0 Å². The first-order chi connectivity index (χ1) is 7.69. The van der Waals surface area contributed by atoms with Gasteiger partial charge in [-0.3, -0.25) is 4.68 Å². The van der Waals surface area contributed by atoms with Crippen LogP contribution in [-0.4, -0.2) is 28.9 Å². The van der Waals surface area contributed by atoms with Crippen LogP contribution in [0, 0.1) is 18.3 Å². The SMILES string of the molecule is Cc1nn(C)c(N2CCCC2CN)c1C#N. The fraction of sp³-hybridized carbons (Fsp3) is 0.636. The van der Waals surface area contributed by atoms with E-state index in [0.717, 1.165) is 30.9 Å². The lowest BCUT2D eigenvalue weighted by atomic mass is 10.2. The zero-order chi connectivity index (χ0) is 11.7. The quantitative estimate of drug-likeness (QED) is 0.787. The number of anilines is 1. The third kappa shape index (κ3) is 1.55. The standard InChI is InChI=1S/C11H17N5/c1-8-10(7-13)11(15(2)14-8)16-5-3-4-9(16)6-12/h9H,3-6,12H2,1-2H3. The minimum atomic E-state index is 0.349. The summed E-state index contributed by atoms with van der Waals surface area (Å²) in [5.41, 5.74) is 7.23. The van der Waals surface area contributed by atoms with E-state index < -0.39 is 0 Å². The highest BCUT2D eigenvalue weighted by molar-refractivity contribution is 5.58. The van der Waals surface area contributed by atoms with E-state index in [2.05, 4.69) is 16.1 Å². The molecule has 0 radical (unpaired) electrons. The summed E-state index contributed by atoms with van der Waals surface area (Å²) in [7, 11) is 1.88. The molecule has 5 heteroatoms. The second-order valence-corrected chi connectivity index (χ2v) is 4.24. The summed E-state index contributed by atoms with van der Waals surface area (Å²) >= 11 is 0. The van der Waals surface area contributed by atoms with Crippen LogP contribution in [0.15, 0.2) is 0 Å². The first-order valence-corrected chi connectivity index (χ1v) is 5.59. The molecule has 0 aliphatic carbocycles. The molecule has 0 amide bonds. The molecule has 0 saturated carbocycles. The molecule has 0 aromatic carbocycles. The Balaban J connectivity index is 2.43. The second kappa shape index (κ2) is 4.14. The lowest BCUT2D eigenvalue weighted by Crippen LogP contribution is -2.37. The Morgan fingerprint density at radius 2 is 2.38 bits per heavy atom. The number of aryl methyl sites for hydroxylation is 2. The molecule has 2 N–H and O–H groups in total. The molecule has 2 heterocycles. The molecule has 1 fully saturated rings. The van der Waals surface area contributed by atoms with E-state index in [1.807, 2.05) is 14.0 Å². The van der Waals surface area contributed by atoms with E-state index in [1.54, 1.807) is 4.68 Å². The number of nitrogens with zero attached hydrogens (tertiary/aromatic N) is 4. The summed E-state index contributed by atoms with van der Waals surface area (Å²) in [5, 5.41) is 13.5. The second-order valence-electron chi connectivity index (χ2n) is 4.24. The van der Waals surface area contributed by atoms with Crippen molar-refractivity contribution in [3.05, 3.63) is 11.3 Å². The van der Waals surface area contributed by atoms with Gasteiger partial charge in [0.1, 0.15) is 17.5 Å². The van der Waals surface area contributed by atoms with Crippen molar-refractivity contribution >= 4 is 5.82 Å². The monoisotopic (exact) mass is 219 g/mol. The summed E-state index contributed by atoms with van der Waals surface area (Å²) in [6.07, 6.45) is 2.24. The zero-order valence-corrected chi connectivity index (χ0v) is 9.77. The number of rotatable bonds is 2. The van der Waals surface area contributed by atoms with Gasteiger partial charge in [-0.25, -0.2) is 0 Å². The molecular weight excluding hydrogens is 202 g/mol. The van der Waals surface area contributed by atoms with Gasteiger partial charge in [0.25, 0.3) is 0 Å². The minimum absolute atomic E-state index is 0.349. The van der Waals surface area contributed by atoms with Crippen LogP contribution >= 0.6 is 0 Å². The van der Waals surface area contributed by atoms with Crippen LogP contribution in [0.3, 0.4) is 0 Å². The van der Waals surface area contributed by atoms with Gasteiger partial charge in [-0.2, -0.15) is 10.4 Å². The Hall–Kier alpha value is -1.54. The van der Waals surface area contributed by atoms with Gasteiger partial charge in [0.15, 0.2) is 0 Å². The fourth-order valence-electron chi connectivity index (χ4n) is 2.47. The van der Waals surface area contributed by atoms with E-state index in [0.29, 0.717) is 18.2 Å². The normalized spacial score (nSPS) is 20.1. The highest BCUT2D eigenvalue weighted by Gasteiger charge is 2.28. The maximum absolute atomic E-state index is 9.17. The predicted molar refractivity (Wildman–Crippen MR) is 62.1 cm³/mol. The summed E-state index contributed by atoms with van der Waals surface area (Å²) in [6, 6.07) is 2.59. The number of aromatic nitrogens is 2. The Kier molecular flexibility index (Phi) is 2.84. The number of hydrogen-bond donors (Lipinski definition) is 1. The van der Waals surface area contributed by atoms with Crippen LogP contribution in [0.4, 0.5) is 5.82 Å². The van der Waals surface area contributed by atoms with E-state index in [9.17, 15) is 5.26 Å². The van der Waals surface area contributed by atoms with E-state index in [-0.39, 0.29) is 0 Å². The average molecular weight is 219 g/mol. The molecule has 5 nitrogen and oxygen atoms in total. The largest absolute Gasteiger partial charge is 0.351 e. The van der Waals surface area contributed by atoms with Crippen LogP contribution in [0.2, 0.25) is 0 Å². The number of nitrogens with two attached hydrogens (primary N) is 1. The number of hydrogen-bond acceptors (Lipinski definition) is 4. The zero-order valence-electron chi connectivity index (χ0n) is 9.77. The lowest BCUT2D eigenvalue weighted by molar-refractivity contribution is 0.644. The Labute approximate surface area is 95.4 Å². The molecule has 1 aliphatic rings. The van der Waals surface area contributed by atoms with Crippen molar-refractivity contribution in [2.45, 2.75) is 25.8 Å². The fourth-order valence-corrected chi connectivity index (χ4v) is 2.47. The first kappa shape index (κ1) is 11.0. The maximum atomic E-state index is 9.17. The molecule has 1 aliphatic heterocycles. The van der Waals surface area contributed by atoms with Gasteiger partial charge < -0.3 is 10.6 Å². The van der Waals surface area contributed by atoms with Gasteiger partial charge >= 0.3 is 0 Å². The minimum Gasteiger partial charge on any atom is -0.351 e. The van der Waals surface area contributed by atoms with E-state index >= 15 is 0 Å². The number of nitriles is 1. The van der Waals surface area contributed by atoms with Crippen LogP contribution in [0.25, 0.3) is 0 Å². The smallest absolute Gasteiger partial charge is 0.145 e. The average Bonchev–Trinajstić information content (AvgIpc) is 2.81. The van der Waals surface area contributed by atoms with Gasteiger partial charge in [-0.1, -0.05) is 0 Å². The molecule has 2 rings (SSSR count). The highest BCUT2D eigenvalue weighted by atomic mass is 15.4. The Morgan fingerprint density at radius 1 is 1.62 bits per heavy atom. The molecular formula is C11H17N5. The first-order valence-electron chi connectivity index (χ1n) is 5.59. The van der Waals surface area contributed by atoms with Gasteiger partial charge in [-0.15, -0.1) is 0 Å². The predicted octanol–water partition coefficient (Wildman–Crippen LogP) is 0.528.